The number of hydrogen-bond donors (Lipinski definition) is 2. The highest BCUT2D eigenvalue weighted by molar-refractivity contribution is 6.01. The van der Waals surface area contributed by atoms with Gasteiger partial charge in [-0.05, 0) is 32.4 Å². The van der Waals surface area contributed by atoms with Crippen LogP contribution in [-0.2, 0) is 0 Å². The SMILES string of the molecule is Cc1ccc(C2=NC(C)(C)N[C@@H](c3ccccc3O)C2)cc1. The van der Waals surface area contributed by atoms with Gasteiger partial charge >= 0.3 is 0 Å². The van der Waals surface area contributed by atoms with Crippen LogP contribution in [0.2, 0.25) is 0 Å². The van der Waals surface area contributed by atoms with Gasteiger partial charge < -0.3 is 5.11 Å². The number of hydrogen-bond acceptors (Lipinski definition) is 3. The van der Waals surface area contributed by atoms with Gasteiger partial charge in [-0.25, -0.2) is 0 Å². The van der Waals surface area contributed by atoms with Crippen LogP contribution >= 0.6 is 0 Å². The van der Waals surface area contributed by atoms with Crippen LogP contribution in [0, 0.1) is 6.92 Å². The molecule has 0 spiro atoms. The Morgan fingerprint density at radius 1 is 1.09 bits per heavy atom. The topological polar surface area (TPSA) is 44.6 Å². The zero-order valence-corrected chi connectivity index (χ0v) is 13.3. The molecule has 1 aliphatic heterocycles. The molecule has 0 bridgehead atoms. The van der Waals surface area contributed by atoms with E-state index in [9.17, 15) is 5.11 Å². The third kappa shape index (κ3) is 3.04. The first-order valence-corrected chi connectivity index (χ1v) is 7.66. The molecule has 2 aromatic carbocycles. The number of nitrogens with one attached hydrogen (secondary N) is 1. The molecule has 0 saturated heterocycles. The first-order chi connectivity index (χ1) is 10.4. The smallest absolute Gasteiger partial charge is 0.120 e. The predicted molar refractivity (Wildman–Crippen MR) is 90.4 cm³/mol. The Balaban J connectivity index is 1.97. The lowest BCUT2D eigenvalue weighted by Gasteiger charge is -2.35. The van der Waals surface area contributed by atoms with Crippen molar-refractivity contribution in [1.82, 2.24) is 5.32 Å². The lowest BCUT2D eigenvalue weighted by atomic mass is 9.92. The van der Waals surface area contributed by atoms with Gasteiger partial charge in [0.1, 0.15) is 11.4 Å². The molecular formula is C19H22N2O. The van der Waals surface area contributed by atoms with Crippen molar-refractivity contribution in [3.05, 3.63) is 65.2 Å². The van der Waals surface area contributed by atoms with Gasteiger partial charge in [0.15, 0.2) is 0 Å². The average Bonchev–Trinajstić information content (AvgIpc) is 2.46. The van der Waals surface area contributed by atoms with Gasteiger partial charge in [-0.2, -0.15) is 0 Å². The van der Waals surface area contributed by atoms with E-state index in [0.29, 0.717) is 5.75 Å². The van der Waals surface area contributed by atoms with Crippen molar-refractivity contribution in [2.24, 2.45) is 4.99 Å². The van der Waals surface area contributed by atoms with E-state index in [1.165, 1.54) is 5.56 Å². The van der Waals surface area contributed by atoms with Crippen LogP contribution < -0.4 is 5.32 Å². The summed E-state index contributed by atoms with van der Waals surface area (Å²) in [5.74, 6) is 0.334. The average molecular weight is 294 g/mol. The fourth-order valence-electron chi connectivity index (χ4n) is 2.98. The molecule has 2 aromatic rings. The Morgan fingerprint density at radius 3 is 2.45 bits per heavy atom. The third-order valence-electron chi connectivity index (χ3n) is 4.04. The van der Waals surface area contributed by atoms with Crippen molar-refractivity contribution in [3.8, 4) is 5.75 Å². The minimum absolute atomic E-state index is 0.0602. The highest BCUT2D eigenvalue weighted by Gasteiger charge is 2.30. The fraction of sp³-hybridized carbons (Fsp3) is 0.316. The maximum atomic E-state index is 10.1. The van der Waals surface area contributed by atoms with Gasteiger partial charge in [0, 0.05) is 23.7 Å². The number of aromatic hydroxyl groups is 1. The maximum absolute atomic E-state index is 10.1. The number of phenols is 1. The van der Waals surface area contributed by atoms with Crippen LogP contribution in [0.3, 0.4) is 0 Å². The summed E-state index contributed by atoms with van der Waals surface area (Å²) in [6.07, 6.45) is 0.768. The summed E-state index contributed by atoms with van der Waals surface area (Å²) < 4.78 is 0. The molecule has 114 valence electrons. The van der Waals surface area contributed by atoms with Crippen molar-refractivity contribution in [2.45, 2.75) is 38.9 Å². The summed E-state index contributed by atoms with van der Waals surface area (Å²) in [5, 5.41) is 13.7. The van der Waals surface area contributed by atoms with Crippen LogP contribution in [-0.4, -0.2) is 16.5 Å². The molecule has 0 amide bonds. The van der Waals surface area contributed by atoms with Gasteiger partial charge in [0.05, 0.1) is 0 Å². The Hall–Kier alpha value is -2.13. The molecule has 0 aromatic heterocycles. The Kier molecular flexibility index (Phi) is 3.75. The summed E-state index contributed by atoms with van der Waals surface area (Å²) in [7, 11) is 0. The van der Waals surface area contributed by atoms with Gasteiger partial charge in [-0.1, -0.05) is 48.0 Å². The van der Waals surface area contributed by atoms with Crippen molar-refractivity contribution >= 4 is 5.71 Å². The summed E-state index contributed by atoms with van der Waals surface area (Å²) in [4.78, 5) is 4.84. The maximum Gasteiger partial charge on any atom is 0.120 e. The first-order valence-electron chi connectivity index (χ1n) is 7.66. The van der Waals surface area contributed by atoms with Crippen LogP contribution in [0.1, 0.15) is 43.0 Å². The molecule has 22 heavy (non-hydrogen) atoms. The molecule has 0 radical (unpaired) electrons. The predicted octanol–water partition coefficient (Wildman–Crippen LogP) is 3.96. The zero-order chi connectivity index (χ0) is 15.7. The van der Waals surface area contributed by atoms with Crippen LogP contribution in [0.15, 0.2) is 53.5 Å². The second-order valence-corrected chi connectivity index (χ2v) is 6.44. The summed E-state index contributed by atoms with van der Waals surface area (Å²) in [6, 6.07) is 16.1. The van der Waals surface area contributed by atoms with Crippen LogP contribution in [0.5, 0.6) is 5.75 Å². The Morgan fingerprint density at radius 2 is 1.77 bits per heavy atom. The number of para-hydroxylation sites is 1. The molecule has 1 heterocycles. The van der Waals surface area contributed by atoms with Crippen LogP contribution in [0.25, 0.3) is 0 Å². The highest BCUT2D eigenvalue weighted by atomic mass is 16.3. The van der Waals surface area contributed by atoms with Gasteiger partial charge in [-0.15, -0.1) is 0 Å². The van der Waals surface area contributed by atoms with Crippen molar-refractivity contribution in [1.29, 1.82) is 0 Å². The second kappa shape index (κ2) is 5.58. The molecule has 3 nitrogen and oxygen atoms in total. The normalized spacial score (nSPS) is 20.5. The van der Waals surface area contributed by atoms with E-state index in [-0.39, 0.29) is 11.7 Å². The lowest BCUT2D eigenvalue weighted by molar-refractivity contribution is 0.328. The number of aryl methyl sites for hydroxylation is 1. The minimum Gasteiger partial charge on any atom is -0.508 e. The number of phenolic OH excluding ortho intramolecular Hbond substituents is 1. The van der Waals surface area contributed by atoms with E-state index < -0.39 is 0 Å². The molecule has 2 N–H and O–H groups in total. The Labute approximate surface area is 131 Å². The molecule has 1 aliphatic rings. The molecule has 0 saturated carbocycles. The largest absolute Gasteiger partial charge is 0.508 e. The highest BCUT2D eigenvalue weighted by Crippen LogP contribution is 2.32. The van der Waals surface area contributed by atoms with Crippen molar-refractivity contribution in [3.63, 3.8) is 0 Å². The summed E-state index contributed by atoms with van der Waals surface area (Å²) in [6.45, 7) is 6.21. The van der Waals surface area contributed by atoms with E-state index in [1.807, 2.05) is 18.2 Å². The Bertz CT molecular complexity index is 702. The van der Waals surface area contributed by atoms with Crippen molar-refractivity contribution in [2.75, 3.05) is 0 Å². The zero-order valence-electron chi connectivity index (χ0n) is 13.3. The fourth-order valence-corrected chi connectivity index (χ4v) is 2.98. The molecule has 0 unspecified atom stereocenters. The van der Waals surface area contributed by atoms with Gasteiger partial charge in [0.2, 0.25) is 0 Å². The van der Waals surface area contributed by atoms with Gasteiger partial charge in [0.25, 0.3) is 0 Å². The quantitative estimate of drug-likeness (QED) is 0.880. The molecular weight excluding hydrogens is 272 g/mol. The lowest BCUT2D eigenvalue weighted by Crippen LogP contribution is -2.45. The van der Waals surface area contributed by atoms with Crippen molar-refractivity contribution < 1.29 is 5.11 Å². The first kappa shape index (κ1) is 14.8. The minimum atomic E-state index is -0.356. The van der Waals surface area contributed by atoms with Gasteiger partial charge in [-0.3, -0.25) is 10.3 Å². The molecule has 3 rings (SSSR count). The van der Waals surface area contributed by atoms with E-state index in [1.54, 1.807) is 6.07 Å². The van der Waals surface area contributed by atoms with E-state index in [0.717, 1.165) is 23.3 Å². The summed E-state index contributed by atoms with van der Waals surface area (Å²) >= 11 is 0. The van der Waals surface area contributed by atoms with E-state index >= 15 is 0 Å². The molecule has 0 aliphatic carbocycles. The number of nitrogens with zero attached hydrogens (tertiary/aromatic N) is 1. The monoisotopic (exact) mass is 294 g/mol. The molecule has 0 fully saturated rings. The number of benzene rings is 2. The van der Waals surface area contributed by atoms with E-state index in [2.05, 4.69) is 50.4 Å². The van der Waals surface area contributed by atoms with Crippen LogP contribution in [0.4, 0.5) is 0 Å². The summed E-state index contributed by atoms with van der Waals surface area (Å²) in [5.41, 5.74) is 4.05. The third-order valence-corrected chi connectivity index (χ3v) is 4.04. The number of aliphatic imine (C=N–C) groups is 1. The number of rotatable bonds is 2. The second-order valence-electron chi connectivity index (χ2n) is 6.44. The van der Waals surface area contributed by atoms with E-state index in [4.69, 9.17) is 4.99 Å². The standard InChI is InChI=1S/C19H22N2O/c1-13-8-10-14(11-9-13)16-12-17(21-19(2,3)20-16)15-6-4-5-7-18(15)22/h4-11,17,21-22H,12H2,1-3H3/t17-/m1/s1. The molecule has 1 atom stereocenters. The molecule has 3 heteroatoms.